The van der Waals surface area contributed by atoms with Gasteiger partial charge in [-0.1, -0.05) is 6.07 Å². The van der Waals surface area contributed by atoms with Crippen LogP contribution < -0.4 is 5.32 Å². The van der Waals surface area contributed by atoms with E-state index >= 15 is 8.78 Å². The number of aryl methyl sites for hydroxylation is 3. The van der Waals surface area contributed by atoms with Gasteiger partial charge in [-0.3, -0.25) is 4.79 Å². The summed E-state index contributed by atoms with van der Waals surface area (Å²) in [5.41, 5.74) is 0.237. The average molecular weight is 464 g/mol. The molecular formula is C25H31F2NO5. The number of benzene rings is 2. The van der Waals surface area contributed by atoms with Crippen LogP contribution in [0.2, 0.25) is 0 Å². The molecule has 0 heterocycles. The van der Waals surface area contributed by atoms with Crippen LogP contribution in [0.1, 0.15) is 62.4 Å². The Labute approximate surface area is 192 Å². The van der Waals surface area contributed by atoms with Crippen molar-refractivity contribution >= 4 is 12.1 Å². The van der Waals surface area contributed by atoms with Gasteiger partial charge >= 0.3 is 12.1 Å². The molecule has 0 aliphatic carbocycles. The lowest BCUT2D eigenvalue weighted by atomic mass is 9.90. The predicted molar refractivity (Wildman–Crippen MR) is 121 cm³/mol. The van der Waals surface area contributed by atoms with Crippen LogP contribution in [0.15, 0.2) is 18.2 Å². The minimum absolute atomic E-state index is 0.0428. The molecule has 180 valence electrons. The molecule has 2 aromatic rings. The summed E-state index contributed by atoms with van der Waals surface area (Å²) >= 11 is 0. The molecule has 8 heteroatoms. The molecule has 1 atom stereocenters. The van der Waals surface area contributed by atoms with Gasteiger partial charge in [0.25, 0.3) is 0 Å². The summed E-state index contributed by atoms with van der Waals surface area (Å²) in [5.74, 6) is -2.81. The van der Waals surface area contributed by atoms with Crippen molar-refractivity contribution in [3.63, 3.8) is 0 Å². The maximum absolute atomic E-state index is 15.8. The van der Waals surface area contributed by atoms with Crippen molar-refractivity contribution in [1.82, 2.24) is 5.32 Å². The summed E-state index contributed by atoms with van der Waals surface area (Å²) in [6, 6.07) is 3.14. The number of rotatable bonds is 6. The number of hydrogen-bond donors (Lipinski definition) is 2. The monoisotopic (exact) mass is 463 g/mol. The maximum Gasteiger partial charge on any atom is 0.408 e. The molecule has 0 unspecified atom stereocenters. The summed E-state index contributed by atoms with van der Waals surface area (Å²) in [4.78, 5) is 24.6. The number of halogens is 2. The number of esters is 1. The normalized spacial score (nSPS) is 12.3. The molecule has 33 heavy (non-hydrogen) atoms. The van der Waals surface area contributed by atoms with E-state index in [1.807, 2.05) is 0 Å². The fourth-order valence-corrected chi connectivity index (χ4v) is 3.64. The second-order valence-corrected chi connectivity index (χ2v) is 8.97. The van der Waals surface area contributed by atoms with E-state index in [1.165, 1.54) is 19.1 Å². The molecule has 0 radical (unpaired) electrons. The smallest absolute Gasteiger partial charge is 0.408 e. The summed E-state index contributed by atoms with van der Waals surface area (Å²) in [6.07, 6.45) is -1.45. The van der Waals surface area contributed by atoms with Gasteiger partial charge in [0.1, 0.15) is 23.0 Å². The van der Waals surface area contributed by atoms with Crippen LogP contribution in [0.25, 0.3) is 11.1 Å². The van der Waals surface area contributed by atoms with Gasteiger partial charge < -0.3 is 19.9 Å². The van der Waals surface area contributed by atoms with E-state index in [4.69, 9.17) is 9.47 Å². The Balaban J connectivity index is 2.67. The second kappa shape index (κ2) is 10.2. The molecule has 2 N–H and O–H groups in total. The zero-order valence-corrected chi connectivity index (χ0v) is 20.1. The first-order valence-electron chi connectivity index (χ1n) is 10.7. The van der Waals surface area contributed by atoms with Crippen molar-refractivity contribution in [3.8, 4) is 16.9 Å². The van der Waals surface area contributed by atoms with Gasteiger partial charge in [-0.15, -0.1) is 0 Å². The molecule has 2 rings (SSSR count). The van der Waals surface area contributed by atoms with Crippen LogP contribution >= 0.6 is 0 Å². The fourth-order valence-electron chi connectivity index (χ4n) is 3.64. The van der Waals surface area contributed by atoms with Crippen molar-refractivity contribution < 1.29 is 33.0 Å². The Morgan fingerprint density at radius 2 is 1.70 bits per heavy atom. The van der Waals surface area contributed by atoms with Crippen LogP contribution in [-0.4, -0.2) is 29.4 Å². The van der Waals surface area contributed by atoms with E-state index in [9.17, 15) is 14.7 Å². The van der Waals surface area contributed by atoms with Crippen molar-refractivity contribution in [3.05, 3.63) is 52.1 Å². The quantitative estimate of drug-likeness (QED) is 0.531. The van der Waals surface area contributed by atoms with Crippen LogP contribution in [0.5, 0.6) is 5.75 Å². The van der Waals surface area contributed by atoms with Gasteiger partial charge in [0.15, 0.2) is 0 Å². The maximum atomic E-state index is 15.8. The molecular weight excluding hydrogens is 432 g/mol. The first-order valence-corrected chi connectivity index (χ1v) is 10.7. The van der Waals surface area contributed by atoms with Gasteiger partial charge in [-0.05, 0) is 77.3 Å². The number of aromatic hydroxyl groups is 1. The van der Waals surface area contributed by atoms with Gasteiger partial charge in [-0.25, -0.2) is 13.6 Å². The summed E-state index contributed by atoms with van der Waals surface area (Å²) < 4.78 is 41.2. The van der Waals surface area contributed by atoms with E-state index in [-0.39, 0.29) is 29.0 Å². The topological polar surface area (TPSA) is 84.9 Å². The molecule has 0 aliphatic heterocycles. The number of carbonyl (C=O) groups excluding carboxylic acids is 2. The number of ether oxygens (including phenoxy) is 2. The standard InChI is InChI=1S/C25H31F2NO5/c1-8-32-19(30)12-17(28-24(31)33-25(5,6)7)21-22(26)15(4)11-16(23(21)27)20-14(3)9-13(2)10-18(20)29/h9-11,17,29H,8,12H2,1-7H3,(H,28,31)/t17-/m0/s1. The number of carbonyl (C=O) groups is 2. The molecule has 6 nitrogen and oxygen atoms in total. The molecule has 0 saturated carbocycles. The van der Waals surface area contributed by atoms with E-state index < -0.39 is 47.3 Å². The van der Waals surface area contributed by atoms with Crippen LogP contribution in [0.3, 0.4) is 0 Å². The van der Waals surface area contributed by atoms with Crippen molar-refractivity contribution in [2.24, 2.45) is 0 Å². The molecule has 1 amide bonds. The molecule has 0 bridgehead atoms. The average Bonchev–Trinajstić information content (AvgIpc) is 2.63. The number of alkyl carbamates (subject to hydrolysis) is 1. The van der Waals surface area contributed by atoms with Crippen molar-refractivity contribution in [1.29, 1.82) is 0 Å². The van der Waals surface area contributed by atoms with E-state index in [0.717, 1.165) is 5.56 Å². The Bertz CT molecular complexity index is 1040. The Hall–Kier alpha value is -3.16. The van der Waals surface area contributed by atoms with Gasteiger partial charge in [-0.2, -0.15) is 0 Å². The molecule has 2 aromatic carbocycles. The molecule has 0 spiro atoms. The van der Waals surface area contributed by atoms with Gasteiger partial charge in [0.2, 0.25) is 0 Å². The van der Waals surface area contributed by atoms with Gasteiger partial charge in [0, 0.05) is 16.7 Å². The number of phenols is 1. The second-order valence-electron chi connectivity index (χ2n) is 8.97. The predicted octanol–water partition coefficient (Wildman–Crippen LogP) is 5.78. The first-order chi connectivity index (χ1) is 15.2. The Morgan fingerprint density at radius 1 is 1.06 bits per heavy atom. The number of amides is 1. The van der Waals surface area contributed by atoms with Crippen LogP contribution in [0.4, 0.5) is 13.6 Å². The Morgan fingerprint density at radius 3 is 2.24 bits per heavy atom. The van der Waals surface area contributed by atoms with E-state index in [2.05, 4.69) is 5.32 Å². The lowest BCUT2D eigenvalue weighted by Crippen LogP contribution is -2.37. The third-order valence-electron chi connectivity index (χ3n) is 4.86. The minimum atomic E-state index is -1.40. The number of phenolic OH excluding ortho intramolecular Hbond substituents is 1. The Kier molecular flexibility index (Phi) is 8.06. The minimum Gasteiger partial charge on any atom is -0.507 e. The summed E-state index contributed by atoms with van der Waals surface area (Å²) in [7, 11) is 0. The van der Waals surface area contributed by atoms with E-state index in [0.29, 0.717) is 5.56 Å². The third-order valence-corrected chi connectivity index (χ3v) is 4.86. The highest BCUT2D eigenvalue weighted by atomic mass is 19.1. The van der Waals surface area contributed by atoms with Gasteiger partial charge in [0.05, 0.1) is 19.1 Å². The largest absolute Gasteiger partial charge is 0.507 e. The summed E-state index contributed by atoms with van der Waals surface area (Å²) in [6.45, 7) is 11.5. The molecule has 0 aromatic heterocycles. The fraction of sp³-hybridized carbons (Fsp3) is 0.440. The van der Waals surface area contributed by atoms with Crippen LogP contribution in [-0.2, 0) is 14.3 Å². The lowest BCUT2D eigenvalue weighted by Gasteiger charge is -2.25. The third kappa shape index (κ3) is 6.43. The molecule has 0 saturated heterocycles. The zero-order valence-electron chi connectivity index (χ0n) is 20.1. The van der Waals surface area contributed by atoms with Crippen molar-refractivity contribution in [2.45, 2.75) is 66.5 Å². The zero-order chi connectivity index (χ0) is 25.1. The molecule has 0 fully saturated rings. The lowest BCUT2D eigenvalue weighted by molar-refractivity contribution is -0.143. The number of hydrogen-bond acceptors (Lipinski definition) is 5. The highest BCUT2D eigenvalue weighted by Gasteiger charge is 2.31. The van der Waals surface area contributed by atoms with Crippen LogP contribution in [0, 0.1) is 32.4 Å². The van der Waals surface area contributed by atoms with E-state index in [1.54, 1.807) is 47.6 Å². The molecule has 0 aliphatic rings. The highest BCUT2D eigenvalue weighted by Crippen LogP contribution is 2.39. The number of nitrogens with one attached hydrogen (secondary N) is 1. The van der Waals surface area contributed by atoms with Crippen molar-refractivity contribution in [2.75, 3.05) is 6.61 Å². The summed E-state index contributed by atoms with van der Waals surface area (Å²) in [5, 5.41) is 12.9. The SMILES string of the molecule is CCOC(=O)C[C@H](NC(=O)OC(C)(C)C)c1c(F)c(C)cc(-c2c(C)cc(C)cc2O)c1F. The highest BCUT2D eigenvalue weighted by molar-refractivity contribution is 5.77. The first kappa shape index (κ1) is 26.1.